The van der Waals surface area contributed by atoms with Gasteiger partial charge in [-0.1, -0.05) is 39.8 Å². The van der Waals surface area contributed by atoms with Crippen molar-refractivity contribution < 1.29 is 20.1 Å². The number of methoxy groups -OCH3 is 1. The summed E-state index contributed by atoms with van der Waals surface area (Å²) in [5.74, 6) is 3.39. The lowest BCUT2D eigenvalue weighted by atomic mass is 9.42. The van der Waals surface area contributed by atoms with Gasteiger partial charge in [-0.3, -0.25) is 0 Å². The Morgan fingerprint density at radius 1 is 1.06 bits per heavy atom. The number of hydrogen-bond acceptors (Lipinski definition) is 4. The zero-order valence-corrected chi connectivity index (χ0v) is 21.9. The maximum absolute atomic E-state index is 11.5. The van der Waals surface area contributed by atoms with Gasteiger partial charge in [0.1, 0.15) is 5.60 Å². The van der Waals surface area contributed by atoms with E-state index in [2.05, 4.69) is 34.3 Å². The van der Waals surface area contributed by atoms with E-state index in [-0.39, 0.29) is 6.61 Å². The van der Waals surface area contributed by atoms with E-state index >= 15 is 0 Å². The number of fused-ring (bicyclic) bond motifs is 5. The van der Waals surface area contributed by atoms with Crippen LogP contribution >= 0.6 is 0 Å². The van der Waals surface area contributed by atoms with Gasteiger partial charge in [0.05, 0.1) is 18.8 Å². The highest BCUT2D eigenvalue weighted by molar-refractivity contribution is 5.19. The molecule has 4 heteroatoms. The highest BCUT2D eigenvalue weighted by Crippen LogP contribution is 2.69. The highest BCUT2D eigenvalue weighted by atomic mass is 16.5. The lowest BCUT2D eigenvalue weighted by Gasteiger charge is -2.67. The van der Waals surface area contributed by atoms with Crippen molar-refractivity contribution in [1.29, 1.82) is 0 Å². The topological polar surface area (TPSA) is 69.9 Å². The molecule has 4 fully saturated rings. The van der Waals surface area contributed by atoms with Crippen molar-refractivity contribution in [2.45, 2.75) is 110 Å². The van der Waals surface area contributed by atoms with Gasteiger partial charge >= 0.3 is 0 Å². The van der Waals surface area contributed by atoms with E-state index in [4.69, 9.17) is 4.74 Å². The van der Waals surface area contributed by atoms with Gasteiger partial charge in [0.25, 0.3) is 0 Å². The number of allylic oxidation sites excluding steroid dienone is 1. The molecule has 190 valence electrons. The van der Waals surface area contributed by atoms with Crippen molar-refractivity contribution in [3.8, 4) is 0 Å². The molecule has 33 heavy (non-hydrogen) atoms. The van der Waals surface area contributed by atoms with Crippen molar-refractivity contribution in [3.63, 3.8) is 0 Å². The molecule has 4 nitrogen and oxygen atoms in total. The van der Waals surface area contributed by atoms with E-state index in [0.29, 0.717) is 47.8 Å². The van der Waals surface area contributed by atoms with E-state index in [1.54, 1.807) is 7.11 Å². The van der Waals surface area contributed by atoms with Crippen LogP contribution in [0.15, 0.2) is 12.2 Å². The number of rotatable bonds is 7. The van der Waals surface area contributed by atoms with Crippen LogP contribution in [-0.4, -0.2) is 46.8 Å². The van der Waals surface area contributed by atoms with Gasteiger partial charge in [0.15, 0.2) is 0 Å². The van der Waals surface area contributed by atoms with Crippen LogP contribution in [0, 0.1) is 46.3 Å². The second kappa shape index (κ2) is 9.22. The van der Waals surface area contributed by atoms with Gasteiger partial charge < -0.3 is 20.1 Å². The quantitative estimate of drug-likeness (QED) is 0.446. The summed E-state index contributed by atoms with van der Waals surface area (Å²) in [4.78, 5) is 0. The molecule has 0 aromatic carbocycles. The Morgan fingerprint density at radius 2 is 1.79 bits per heavy atom. The first-order valence-corrected chi connectivity index (χ1v) is 13.8. The van der Waals surface area contributed by atoms with Crippen molar-refractivity contribution >= 4 is 0 Å². The molecule has 0 aromatic heterocycles. The summed E-state index contributed by atoms with van der Waals surface area (Å²) in [5, 5.41) is 32.9. The van der Waals surface area contributed by atoms with Crippen LogP contribution < -0.4 is 0 Å². The Morgan fingerprint density at radius 3 is 2.42 bits per heavy atom. The monoisotopic (exact) mass is 462 g/mol. The molecule has 0 aromatic rings. The molecule has 0 unspecified atom stereocenters. The number of hydrogen-bond donors (Lipinski definition) is 3. The van der Waals surface area contributed by atoms with Crippen molar-refractivity contribution in [2.24, 2.45) is 46.3 Å². The zero-order valence-electron chi connectivity index (χ0n) is 21.9. The predicted molar refractivity (Wildman–Crippen MR) is 133 cm³/mol. The average Bonchev–Trinajstić information content (AvgIpc) is 3.14. The molecule has 4 aliphatic rings. The summed E-state index contributed by atoms with van der Waals surface area (Å²) < 4.78 is 6.10. The first-order valence-electron chi connectivity index (χ1n) is 13.8. The summed E-state index contributed by atoms with van der Waals surface area (Å²) in [6.07, 6.45) is 8.76. The number of aliphatic hydroxyl groups excluding tert-OH is 3. The summed E-state index contributed by atoms with van der Waals surface area (Å²) in [7, 11) is 1.68. The van der Waals surface area contributed by atoms with Gasteiger partial charge in [-0.15, -0.1) is 0 Å². The van der Waals surface area contributed by atoms with Gasteiger partial charge in [-0.2, -0.15) is 0 Å². The molecule has 4 saturated carbocycles. The van der Waals surface area contributed by atoms with Gasteiger partial charge in [0.2, 0.25) is 0 Å². The van der Waals surface area contributed by atoms with Gasteiger partial charge in [-0.05, 0) is 98.7 Å². The molecule has 0 saturated heterocycles. The molecule has 0 heterocycles. The summed E-state index contributed by atoms with van der Waals surface area (Å²) in [6.45, 7) is 13.9. The van der Waals surface area contributed by atoms with E-state index < -0.39 is 23.2 Å². The standard InChI is InChI=1S/C29H50O4/c1-18(2)19(3)7-8-20(4)23-9-10-24-22-15-26(32)29(33-6)16-21(31)11-14-28(29,17-30)25(22)12-13-27(23,24)5/h18,20-26,30-32H,3,7-17H2,1-2,4-6H3/t20-,21+,22+,23-,24+,25+,26-,27-,28+,29+/m1/s1. The van der Waals surface area contributed by atoms with Crippen LogP contribution in [0.4, 0.5) is 0 Å². The minimum absolute atomic E-state index is 0.0480. The molecule has 0 bridgehead atoms. The summed E-state index contributed by atoms with van der Waals surface area (Å²) >= 11 is 0. The third-order valence-corrected chi connectivity index (χ3v) is 11.6. The molecule has 4 rings (SSSR count). The van der Waals surface area contributed by atoms with E-state index in [1.807, 2.05) is 0 Å². The normalized spacial score (nSPS) is 48.2. The lowest BCUT2D eigenvalue weighted by Crippen LogP contribution is -2.71. The second-order valence-electron chi connectivity index (χ2n) is 13.0. The Labute approximate surface area is 202 Å². The fourth-order valence-corrected chi connectivity index (χ4v) is 9.64. The smallest absolute Gasteiger partial charge is 0.104 e. The largest absolute Gasteiger partial charge is 0.396 e. The average molecular weight is 463 g/mol. The first-order chi connectivity index (χ1) is 15.6. The van der Waals surface area contributed by atoms with Crippen molar-refractivity contribution in [1.82, 2.24) is 0 Å². The maximum Gasteiger partial charge on any atom is 0.104 e. The van der Waals surface area contributed by atoms with Crippen LogP contribution in [0.25, 0.3) is 0 Å². The Kier molecular flexibility index (Phi) is 7.17. The third-order valence-electron chi connectivity index (χ3n) is 11.6. The van der Waals surface area contributed by atoms with E-state index in [1.165, 1.54) is 31.3 Å². The fraction of sp³-hybridized carbons (Fsp3) is 0.931. The Balaban J connectivity index is 1.58. The lowest BCUT2D eigenvalue weighted by molar-refractivity contribution is -0.290. The zero-order chi connectivity index (χ0) is 24.2. The maximum atomic E-state index is 11.5. The van der Waals surface area contributed by atoms with Crippen LogP contribution in [0.1, 0.15) is 91.9 Å². The minimum Gasteiger partial charge on any atom is -0.396 e. The van der Waals surface area contributed by atoms with Gasteiger partial charge in [0, 0.05) is 18.9 Å². The SMILES string of the molecule is C=C(CC[C@@H](C)[C@H]1CC[C@H]2[C@@H]3C[C@@H](O)[C@@]4(OC)C[C@@H](O)CC[C@]4(CO)[C@H]3CC[C@]12C)C(C)C. The van der Waals surface area contributed by atoms with E-state index in [0.717, 1.165) is 31.6 Å². The van der Waals surface area contributed by atoms with Crippen LogP contribution in [-0.2, 0) is 4.74 Å². The molecule has 3 N–H and O–H groups in total. The number of aliphatic hydroxyl groups is 3. The molecular formula is C29H50O4. The fourth-order valence-electron chi connectivity index (χ4n) is 9.64. The Hall–Kier alpha value is -0.420. The third kappa shape index (κ3) is 3.77. The second-order valence-corrected chi connectivity index (χ2v) is 13.0. The predicted octanol–water partition coefficient (Wildman–Crippen LogP) is 5.35. The molecule has 0 radical (unpaired) electrons. The van der Waals surface area contributed by atoms with E-state index in [9.17, 15) is 15.3 Å². The first kappa shape index (κ1) is 25.7. The van der Waals surface area contributed by atoms with Gasteiger partial charge in [-0.25, -0.2) is 0 Å². The van der Waals surface area contributed by atoms with Crippen LogP contribution in [0.5, 0.6) is 0 Å². The summed E-state index contributed by atoms with van der Waals surface area (Å²) in [6, 6.07) is 0. The molecule has 4 aliphatic carbocycles. The van der Waals surface area contributed by atoms with Crippen molar-refractivity contribution in [3.05, 3.63) is 12.2 Å². The summed E-state index contributed by atoms with van der Waals surface area (Å²) in [5.41, 5.74) is 0.429. The molecule has 0 spiro atoms. The van der Waals surface area contributed by atoms with Crippen LogP contribution in [0.2, 0.25) is 0 Å². The highest BCUT2D eigenvalue weighted by Gasteiger charge is 2.69. The molecule has 0 aliphatic heterocycles. The Bertz CT molecular complexity index is 720. The molecular weight excluding hydrogens is 412 g/mol. The molecule has 10 atom stereocenters. The van der Waals surface area contributed by atoms with Crippen LogP contribution in [0.3, 0.4) is 0 Å². The number of ether oxygens (including phenoxy) is 1. The van der Waals surface area contributed by atoms with Crippen molar-refractivity contribution in [2.75, 3.05) is 13.7 Å². The minimum atomic E-state index is -0.823. The molecule has 0 amide bonds.